The molecule has 0 aliphatic rings. The number of benzene rings is 2. The third-order valence-corrected chi connectivity index (χ3v) is 5.61. The third-order valence-electron chi connectivity index (χ3n) is 4.69. The van der Waals surface area contributed by atoms with Crippen molar-refractivity contribution >= 4 is 23.4 Å². The van der Waals surface area contributed by atoms with Gasteiger partial charge in [0.05, 0.1) is 26.2 Å². The molecule has 0 fully saturated rings. The summed E-state index contributed by atoms with van der Waals surface area (Å²) in [6.45, 7) is 2.02. The molecule has 0 aliphatic carbocycles. The topological polar surface area (TPSA) is 104 Å². The summed E-state index contributed by atoms with van der Waals surface area (Å²) in [6.07, 6.45) is 4.84. The van der Waals surface area contributed by atoms with E-state index in [-0.39, 0.29) is 11.7 Å². The lowest BCUT2D eigenvalue weighted by Crippen LogP contribution is -2.14. The summed E-state index contributed by atoms with van der Waals surface area (Å²) in [5.41, 5.74) is 3.17. The summed E-state index contributed by atoms with van der Waals surface area (Å²) in [5, 5.41) is 12.1. The Hall–Kier alpha value is -3.92. The minimum Gasteiger partial charge on any atom is -0.497 e. The van der Waals surface area contributed by atoms with Crippen molar-refractivity contribution in [2.75, 3.05) is 25.3 Å². The van der Waals surface area contributed by atoms with E-state index in [0.717, 1.165) is 11.3 Å². The van der Waals surface area contributed by atoms with Crippen LogP contribution in [-0.2, 0) is 4.79 Å². The highest BCUT2D eigenvalue weighted by Crippen LogP contribution is 2.28. The maximum atomic E-state index is 12.7. The Kier molecular flexibility index (Phi) is 6.84. The van der Waals surface area contributed by atoms with Crippen molar-refractivity contribution in [1.82, 2.24) is 24.7 Å². The zero-order chi connectivity index (χ0) is 23.2. The number of anilines is 1. The normalized spacial score (nSPS) is 10.6. The Labute approximate surface area is 195 Å². The Morgan fingerprint density at radius 1 is 1.03 bits per heavy atom. The first kappa shape index (κ1) is 22.3. The molecule has 0 saturated carbocycles. The van der Waals surface area contributed by atoms with Crippen molar-refractivity contribution in [3.63, 3.8) is 0 Å². The first-order chi connectivity index (χ1) is 16.1. The van der Waals surface area contributed by atoms with Gasteiger partial charge < -0.3 is 14.8 Å². The fourth-order valence-electron chi connectivity index (χ4n) is 3.08. The highest BCUT2D eigenvalue weighted by Gasteiger charge is 2.18. The van der Waals surface area contributed by atoms with Gasteiger partial charge in [0.2, 0.25) is 5.91 Å². The summed E-state index contributed by atoms with van der Waals surface area (Å²) in [6, 6.07) is 13.2. The van der Waals surface area contributed by atoms with E-state index < -0.39 is 0 Å². The van der Waals surface area contributed by atoms with Gasteiger partial charge >= 0.3 is 0 Å². The van der Waals surface area contributed by atoms with E-state index in [1.165, 1.54) is 11.8 Å². The highest BCUT2D eigenvalue weighted by atomic mass is 32.2. The molecule has 9 nitrogen and oxygen atoms in total. The van der Waals surface area contributed by atoms with E-state index in [1.54, 1.807) is 51.0 Å². The van der Waals surface area contributed by atoms with Gasteiger partial charge in [0.25, 0.3) is 0 Å². The van der Waals surface area contributed by atoms with E-state index in [1.807, 2.05) is 35.8 Å². The van der Waals surface area contributed by atoms with Crippen LogP contribution in [0.15, 0.2) is 66.2 Å². The molecule has 0 radical (unpaired) electrons. The number of methoxy groups -OCH3 is 2. The lowest BCUT2D eigenvalue weighted by atomic mass is 10.2. The number of nitrogens with one attached hydrogen (secondary N) is 1. The third kappa shape index (κ3) is 5.29. The van der Waals surface area contributed by atoms with E-state index >= 15 is 0 Å². The van der Waals surface area contributed by atoms with Crippen LogP contribution in [0.4, 0.5) is 5.69 Å². The van der Waals surface area contributed by atoms with E-state index in [0.29, 0.717) is 33.9 Å². The van der Waals surface area contributed by atoms with Crippen molar-refractivity contribution in [3.8, 4) is 28.7 Å². The Morgan fingerprint density at radius 3 is 2.39 bits per heavy atom. The zero-order valence-corrected chi connectivity index (χ0v) is 19.2. The molecular weight excluding hydrogens is 440 g/mol. The Bertz CT molecular complexity index is 1220. The lowest BCUT2D eigenvalue weighted by Gasteiger charge is -2.11. The number of hydrogen-bond donors (Lipinski definition) is 1. The van der Waals surface area contributed by atoms with Crippen LogP contribution in [0.5, 0.6) is 11.5 Å². The van der Waals surface area contributed by atoms with Crippen LogP contribution in [0.2, 0.25) is 0 Å². The van der Waals surface area contributed by atoms with Crippen molar-refractivity contribution in [2.45, 2.75) is 12.1 Å². The van der Waals surface area contributed by atoms with Crippen molar-refractivity contribution in [1.29, 1.82) is 0 Å². The number of amides is 1. The van der Waals surface area contributed by atoms with Crippen LogP contribution < -0.4 is 14.8 Å². The van der Waals surface area contributed by atoms with Crippen molar-refractivity contribution in [2.24, 2.45) is 0 Å². The number of thioether (sulfide) groups is 1. The maximum Gasteiger partial charge on any atom is 0.234 e. The summed E-state index contributed by atoms with van der Waals surface area (Å²) in [7, 11) is 3.12. The molecule has 4 aromatic rings. The van der Waals surface area contributed by atoms with Gasteiger partial charge in [-0.1, -0.05) is 29.5 Å². The van der Waals surface area contributed by atoms with Gasteiger partial charge in [-0.3, -0.25) is 14.3 Å². The second-order valence-corrected chi connectivity index (χ2v) is 7.95. The largest absolute Gasteiger partial charge is 0.497 e. The van der Waals surface area contributed by atoms with Gasteiger partial charge in [0.1, 0.15) is 17.2 Å². The van der Waals surface area contributed by atoms with Gasteiger partial charge in [-0.05, 0) is 19.1 Å². The first-order valence-electron chi connectivity index (χ1n) is 10.0. The molecule has 0 aliphatic heterocycles. The summed E-state index contributed by atoms with van der Waals surface area (Å²) in [5.74, 6) is 1.65. The minimum absolute atomic E-state index is 0.129. The molecule has 0 unspecified atom stereocenters. The minimum atomic E-state index is -0.199. The SMILES string of the molecule is COc1cc(NC(=O)CSc2nnc(-c3cnccn3)n2-c2ccc(C)cc2)cc(OC)c1. The number of nitrogens with zero attached hydrogens (tertiary/aromatic N) is 5. The molecule has 2 aromatic carbocycles. The number of carbonyl (C=O) groups excluding carboxylic acids is 1. The molecular formula is C23H22N6O3S. The second-order valence-electron chi connectivity index (χ2n) is 7.01. The zero-order valence-electron chi connectivity index (χ0n) is 18.3. The highest BCUT2D eigenvalue weighted by molar-refractivity contribution is 7.99. The number of aryl methyl sites for hydroxylation is 1. The molecule has 33 heavy (non-hydrogen) atoms. The van der Waals surface area contributed by atoms with Crippen LogP contribution in [0.3, 0.4) is 0 Å². The molecule has 0 bridgehead atoms. The Morgan fingerprint density at radius 2 is 1.76 bits per heavy atom. The molecule has 1 N–H and O–H groups in total. The van der Waals surface area contributed by atoms with Gasteiger partial charge in [0, 0.05) is 42.0 Å². The predicted molar refractivity (Wildman–Crippen MR) is 126 cm³/mol. The van der Waals surface area contributed by atoms with Crippen molar-refractivity contribution in [3.05, 3.63) is 66.6 Å². The molecule has 2 heterocycles. The summed E-state index contributed by atoms with van der Waals surface area (Å²) < 4.78 is 12.4. The summed E-state index contributed by atoms with van der Waals surface area (Å²) >= 11 is 1.28. The van der Waals surface area contributed by atoms with Crippen LogP contribution in [-0.4, -0.2) is 50.6 Å². The van der Waals surface area contributed by atoms with Crippen molar-refractivity contribution < 1.29 is 14.3 Å². The monoisotopic (exact) mass is 462 g/mol. The van der Waals surface area contributed by atoms with Gasteiger partial charge in [-0.15, -0.1) is 10.2 Å². The molecule has 0 spiro atoms. The molecule has 2 aromatic heterocycles. The van der Waals surface area contributed by atoms with E-state index in [2.05, 4.69) is 25.5 Å². The fourth-order valence-corrected chi connectivity index (χ4v) is 3.83. The number of aromatic nitrogens is 5. The van der Waals surface area contributed by atoms with Crippen LogP contribution in [0.25, 0.3) is 17.2 Å². The maximum absolute atomic E-state index is 12.7. The van der Waals surface area contributed by atoms with Gasteiger partial charge in [-0.25, -0.2) is 4.98 Å². The number of ether oxygens (including phenoxy) is 2. The quantitative estimate of drug-likeness (QED) is 0.395. The molecule has 168 valence electrons. The molecule has 1 amide bonds. The standard InChI is InChI=1S/C23H22N6O3S/c1-15-4-6-17(7-5-15)29-22(20-13-24-8-9-25-20)27-28-23(29)33-14-21(30)26-16-10-18(31-2)12-19(11-16)32-3/h4-13H,14H2,1-3H3,(H,26,30). The molecule has 4 rings (SSSR count). The van der Waals surface area contributed by atoms with Gasteiger partial charge in [0.15, 0.2) is 11.0 Å². The first-order valence-corrected chi connectivity index (χ1v) is 11.0. The molecule has 0 saturated heterocycles. The van der Waals surface area contributed by atoms with Crippen LogP contribution in [0.1, 0.15) is 5.56 Å². The average Bonchev–Trinajstić information content (AvgIpc) is 3.27. The van der Waals surface area contributed by atoms with E-state index in [9.17, 15) is 4.79 Å². The predicted octanol–water partition coefficient (Wildman–Crippen LogP) is 3.78. The average molecular weight is 463 g/mol. The summed E-state index contributed by atoms with van der Waals surface area (Å²) in [4.78, 5) is 21.1. The van der Waals surface area contributed by atoms with Crippen LogP contribution in [0, 0.1) is 6.92 Å². The smallest absolute Gasteiger partial charge is 0.234 e. The number of carbonyl (C=O) groups is 1. The fraction of sp³-hybridized carbons (Fsp3) is 0.174. The van der Waals surface area contributed by atoms with E-state index in [4.69, 9.17) is 9.47 Å². The number of hydrogen-bond acceptors (Lipinski definition) is 8. The van der Waals surface area contributed by atoms with Gasteiger partial charge in [-0.2, -0.15) is 0 Å². The number of rotatable bonds is 8. The Balaban J connectivity index is 1.56. The lowest BCUT2D eigenvalue weighted by molar-refractivity contribution is -0.113. The molecule has 0 atom stereocenters. The molecule has 10 heteroatoms. The second kappa shape index (κ2) is 10.1. The van der Waals surface area contributed by atoms with Crippen LogP contribution >= 0.6 is 11.8 Å².